The van der Waals surface area contributed by atoms with E-state index in [0.29, 0.717) is 18.2 Å². The number of unbranched alkanes of at least 4 members (excludes halogenated alkanes) is 3. The Morgan fingerprint density at radius 2 is 1.67 bits per heavy atom. The molecule has 0 saturated carbocycles. The summed E-state index contributed by atoms with van der Waals surface area (Å²) < 4.78 is 5.19. The minimum absolute atomic E-state index is 0.266. The number of esters is 1. The molecule has 0 fully saturated rings. The molecular weight excluding hydrogens is 262 g/mol. The monoisotopic (exact) mass is 297 g/mol. The zero-order valence-corrected chi connectivity index (χ0v) is 14.6. The van der Waals surface area contributed by atoms with E-state index in [4.69, 9.17) is 4.74 Å². The maximum absolute atomic E-state index is 11.3. The molecular formula is C18H35NO2. The van der Waals surface area contributed by atoms with Gasteiger partial charge >= 0.3 is 5.97 Å². The largest absolute Gasteiger partial charge is 0.462 e. The van der Waals surface area contributed by atoms with Gasteiger partial charge in [0.1, 0.15) is 0 Å². The number of rotatable bonds is 13. The summed E-state index contributed by atoms with van der Waals surface area (Å²) in [7, 11) is 0. The molecule has 0 aliphatic carbocycles. The van der Waals surface area contributed by atoms with Crippen molar-refractivity contribution in [1.82, 2.24) is 4.90 Å². The molecule has 1 atom stereocenters. The van der Waals surface area contributed by atoms with Crippen LogP contribution in [0.5, 0.6) is 0 Å². The smallest absolute Gasteiger partial charge is 0.333 e. The van der Waals surface area contributed by atoms with Crippen molar-refractivity contribution in [2.45, 2.75) is 78.7 Å². The normalized spacial score (nSPS) is 12.4. The Labute approximate surface area is 131 Å². The number of carbonyl (C=O) groups excluding carboxylic acids is 1. The van der Waals surface area contributed by atoms with Gasteiger partial charge in [-0.3, -0.25) is 0 Å². The maximum Gasteiger partial charge on any atom is 0.333 e. The number of hydrogen-bond acceptors (Lipinski definition) is 3. The Bertz CT molecular complexity index is 285. The van der Waals surface area contributed by atoms with Crippen molar-refractivity contribution in [3.05, 3.63) is 12.2 Å². The first-order valence-corrected chi connectivity index (χ1v) is 8.63. The minimum atomic E-state index is -0.266. The van der Waals surface area contributed by atoms with Crippen molar-refractivity contribution in [1.29, 1.82) is 0 Å². The van der Waals surface area contributed by atoms with E-state index in [-0.39, 0.29) is 5.97 Å². The highest BCUT2D eigenvalue weighted by Gasteiger charge is 2.15. The lowest BCUT2D eigenvalue weighted by Gasteiger charge is -2.30. The van der Waals surface area contributed by atoms with Crippen LogP contribution < -0.4 is 0 Å². The molecule has 0 amide bonds. The van der Waals surface area contributed by atoms with Gasteiger partial charge in [0.25, 0.3) is 0 Å². The molecule has 1 unspecified atom stereocenters. The Morgan fingerprint density at radius 3 is 2.19 bits per heavy atom. The Balaban J connectivity index is 4.08. The second kappa shape index (κ2) is 12.9. The van der Waals surface area contributed by atoms with Gasteiger partial charge in [0, 0.05) is 11.6 Å². The van der Waals surface area contributed by atoms with Crippen LogP contribution in [0.2, 0.25) is 0 Å². The lowest BCUT2D eigenvalue weighted by Crippen LogP contribution is -2.35. The predicted octanol–water partition coefficient (Wildman–Crippen LogP) is 4.57. The van der Waals surface area contributed by atoms with Crippen LogP contribution in [0.15, 0.2) is 12.2 Å². The summed E-state index contributed by atoms with van der Waals surface area (Å²) in [6.07, 6.45) is 8.56. The molecule has 0 aliphatic heterocycles. The quantitative estimate of drug-likeness (QED) is 0.283. The van der Waals surface area contributed by atoms with Gasteiger partial charge in [-0.05, 0) is 39.3 Å². The second-order valence-electron chi connectivity index (χ2n) is 5.78. The van der Waals surface area contributed by atoms with Gasteiger partial charge in [-0.25, -0.2) is 4.79 Å². The fraction of sp³-hybridized carbons (Fsp3) is 0.833. The third kappa shape index (κ3) is 9.67. The van der Waals surface area contributed by atoms with Gasteiger partial charge in [-0.2, -0.15) is 0 Å². The summed E-state index contributed by atoms with van der Waals surface area (Å²) in [5.41, 5.74) is 0.481. The lowest BCUT2D eigenvalue weighted by molar-refractivity contribution is -0.139. The Kier molecular flexibility index (Phi) is 12.4. The SMILES string of the molecule is C=C(C)C(=O)OCCCC(CCCCCC)N(CC)CC. The molecule has 3 heteroatoms. The van der Waals surface area contributed by atoms with Crippen LogP contribution in [0.4, 0.5) is 0 Å². The van der Waals surface area contributed by atoms with Crippen molar-refractivity contribution in [3.63, 3.8) is 0 Å². The first-order chi connectivity index (χ1) is 10.1. The van der Waals surface area contributed by atoms with Gasteiger partial charge in [0.2, 0.25) is 0 Å². The highest BCUT2D eigenvalue weighted by molar-refractivity contribution is 5.86. The third-order valence-corrected chi connectivity index (χ3v) is 3.98. The molecule has 0 N–H and O–H groups in total. The van der Waals surface area contributed by atoms with Gasteiger partial charge in [0.15, 0.2) is 0 Å². The average molecular weight is 297 g/mol. The van der Waals surface area contributed by atoms with Crippen LogP contribution >= 0.6 is 0 Å². The molecule has 124 valence electrons. The highest BCUT2D eigenvalue weighted by atomic mass is 16.5. The van der Waals surface area contributed by atoms with Crippen LogP contribution in [-0.2, 0) is 9.53 Å². The third-order valence-electron chi connectivity index (χ3n) is 3.98. The number of ether oxygens (including phenoxy) is 1. The standard InChI is InChI=1S/C18H35NO2/c1-6-9-10-11-13-17(19(7-2)8-3)14-12-15-21-18(20)16(4)5/h17H,4,6-15H2,1-3,5H3. The van der Waals surface area contributed by atoms with Crippen molar-refractivity contribution in [3.8, 4) is 0 Å². The molecule has 0 aromatic carbocycles. The van der Waals surface area contributed by atoms with Gasteiger partial charge in [0.05, 0.1) is 6.61 Å². The molecule has 0 saturated heterocycles. The molecule has 0 radical (unpaired) electrons. The van der Waals surface area contributed by atoms with Crippen LogP contribution in [0.1, 0.15) is 72.6 Å². The highest BCUT2D eigenvalue weighted by Crippen LogP contribution is 2.16. The zero-order chi connectivity index (χ0) is 16.1. The fourth-order valence-corrected chi connectivity index (χ4v) is 2.66. The molecule has 3 nitrogen and oxygen atoms in total. The molecule has 0 bridgehead atoms. The van der Waals surface area contributed by atoms with Gasteiger partial charge in [-0.1, -0.05) is 53.0 Å². The van der Waals surface area contributed by atoms with E-state index in [1.165, 1.54) is 32.1 Å². The summed E-state index contributed by atoms with van der Waals surface area (Å²) in [4.78, 5) is 13.9. The molecule has 0 aromatic rings. The summed E-state index contributed by atoms with van der Waals surface area (Å²) in [6.45, 7) is 14.7. The maximum atomic E-state index is 11.3. The van der Waals surface area contributed by atoms with Crippen LogP contribution in [-0.4, -0.2) is 36.6 Å². The summed E-state index contributed by atoms with van der Waals surface area (Å²) in [5, 5.41) is 0. The summed E-state index contributed by atoms with van der Waals surface area (Å²) in [6, 6.07) is 0.625. The summed E-state index contributed by atoms with van der Waals surface area (Å²) >= 11 is 0. The van der Waals surface area contributed by atoms with E-state index < -0.39 is 0 Å². The van der Waals surface area contributed by atoms with Gasteiger partial charge in [-0.15, -0.1) is 0 Å². The molecule has 0 aliphatic rings. The van der Waals surface area contributed by atoms with Crippen molar-refractivity contribution in [2.75, 3.05) is 19.7 Å². The van der Waals surface area contributed by atoms with Crippen molar-refractivity contribution < 1.29 is 9.53 Å². The molecule has 21 heavy (non-hydrogen) atoms. The summed E-state index contributed by atoms with van der Waals surface area (Å²) in [5.74, 6) is -0.266. The van der Waals surface area contributed by atoms with Crippen molar-refractivity contribution >= 4 is 5.97 Å². The Hall–Kier alpha value is -0.830. The zero-order valence-electron chi connectivity index (χ0n) is 14.6. The van der Waals surface area contributed by atoms with E-state index in [1.54, 1.807) is 6.92 Å². The molecule has 0 aromatic heterocycles. The van der Waals surface area contributed by atoms with E-state index in [0.717, 1.165) is 25.9 Å². The van der Waals surface area contributed by atoms with E-state index in [2.05, 4.69) is 32.3 Å². The molecule has 0 rings (SSSR count). The van der Waals surface area contributed by atoms with Crippen molar-refractivity contribution in [2.24, 2.45) is 0 Å². The predicted molar refractivity (Wildman–Crippen MR) is 90.5 cm³/mol. The number of carbonyl (C=O) groups is 1. The number of nitrogens with zero attached hydrogens (tertiary/aromatic N) is 1. The van der Waals surface area contributed by atoms with Gasteiger partial charge < -0.3 is 9.64 Å². The first-order valence-electron chi connectivity index (χ1n) is 8.63. The molecule has 0 heterocycles. The first kappa shape index (κ1) is 20.2. The van der Waals surface area contributed by atoms with E-state index >= 15 is 0 Å². The number of hydrogen-bond donors (Lipinski definition) is 0. The van der Waals surface area contributed by atoms with Crippen LogP contribution in [0, 0.1) is 0 Å². The van der Waals surface area contributed by atoms with Crippen LogP contribution in [0.3, 0.4) is 0 Å². The van der Waals surface area contributed by atoms with E-state index in [1.807, 2.05) is 0 Å². The van der Waals surface area contributed by atoms with Crippen LogP contribution in [0.25, 0.3) is 0 Å². The minimum Gasteiger partial charge on any atom is -0.462 e. The lowest BCUT2D eigenvalue weighted by atomic mass is 10.0. The van der Waals surface area contributed by atoms with E-state index in [9.17, 15) is 4.79 Å². The second-order valence-corrected chi connectivity index (χ2v) is 5.78. The average Bonchev–Trinajstić information content (AvgIpc) is 2.47. The Morgan fingerprint density at radius 1 is 1.05 bits per heavy atom. The molecule has 0 spiro atoms. The fourth-order valence-electron chi connectivity index (χ4n) is 2.66. The topological polar surface area (TPSA) is 29.5 Å².